The molecule has 190 valence electrons. The molecule has 14 heteroatoms. The average Bonchev–Trinajstić information content (AvgIpc) is 2.79. The summed E-state index contributed by atoms with van der Waals surface area (Å²) < 4.78 is 76.8. The van der Waals surface area contributed by atoms with E-state index in [2.05, 4.69) is 4.74 Å². The Labute approximate surface area is 198 Å². The number of sulfone groups is 1. The highest BCUT2D eigenvalue weighted by Gasteiger charge is 2.32. The van der Waals surface area contributed by atoms with Crippen molar-refractivity contribution in [3.63, 3.8) is 0 Å². The topological polar surface area (TPSA) is 131 Å². The lowest BCUT2D eigenvalue weighted by atomic mass is 10.2. The third-order valence-electron chi connectivity index (χ3n) is 4.78. The van der Waals surface area contributed by atoms with E-state index in [1.807, 2.05) is 5.32 Å². The molecule has 2 amide bonds. The molecule has 0 aromatic heterocycles. The lowest BCUT2D eigenvalue weighted by molar-refractivity contribution is -0.274. The molecule has 0 saturated carbocycles. The molecule has 0 bridgehead atoms. The van der Waals surface area contributed by atoms with Crippen LogP contribution in [0, 0.1) is 0 Å². The Bertz CT molecular complexity index is 1130. The van der Waals surface area contributed by atoms with E-state index in [0.29, 0.717) is 0 Å². The van der Waals surface area contributed by atoms with Gasteiger partial charge < -0.3 is 29.5 Å². The lowest BCUT2D eigenvalue weighted by Crippen LogP contribution is -2.54. The van der Waals surface area contributed by atoms with E-state index in [0.717, 1.165) is 12.1 Å². The predicted octanol–water partition coefficient (Wildman–Crippen LogP) is 2.65. The molecule has 35 heavy (non-hydrogen) atoms. The summed E-state index contributed by atoms with van der Waals surface area (Å²) >= 11 is 0. The molecule has 0 radical (unpaired) electrons. The van der Waals surface area contributed by atoms with Gasteiger partial charge in [0.25, 0.3) is 0 Å². The summed E-state index contributed by atoms with van der Waals surface area (Å²) in [5, 5.41) is 11.0. The SMILES string of the molecule is O=C(O)NC(CS(=O)(=O)c1ccc(Oc2ccc(OC(F)(F)F)cc2)cc1)C(=O)N1CCOCC1. The summed E-state index contributed by atoms with van der Waals surface area (Å²) in [4.78, 5) is 25.0. The van der Waals surface area contributed by atoms with Gasteiger partial charge in [0.1, 0.15) is 23.3 Å². The Morgan fingerprint density at radius 1 is 1.00 bits per heavy atom. The fraction of sp³-hybridized carbons (Fsp3) is 0.333. The third-order valence-corrected chi connectivity index (χ3v) is 6.54. The second kappa shape index (κ2) is 10.8. The van der Waals surface area contributed by atoms with Crippen molar-refractivity contribution in [3.05, 3.63) is 48.5 Å². The van der Waals surface area contributed by atoms with E-state index in [9.17, 15) is 31.2 Å². The minimum Gasteiger partial charge on any atom is -0.465 e. The van der Waals surface area contributed by atoms with Gasteiger partial charge in [-0.2, -0.15) is 0 Å². The first-order chi connectivity index (χ1) is 16.4. The van der Waals surface area contributed by atoms with E-state index >= 15 is 0 Å². The van der Waals surface area contributed by atoms with Crippen molar-refractivity contribution in [2.45, 2.75) is 17.3 Å². The van der Waals surface area contributed by atoms with Crippen molar-refractivity contribution in [2.24, 2.45) is 0 Å². The molecule has 1 unspecified atom stereocenters. The molecule has 1 fully saturated rings. The molecule has 1 aliphatic rings. The molecule has 2 aromatic carbocycles. The predicted molar refractivity (Wildman–Crippen MR) is 114 cm³/mol. The number of nitrogens with zero attached hydrogens (tertiary/aromatic N) is 1. The summed E-state index contributed by atoms with van der Waals surface area (Å²) in [6.45, 7) is 0.952. The maximum atomic E-state index is 12.9. The maximum Gasteiger partial charge on any atom is 0.573 e. The van der Waals surface area contributed by atoms with Crippen LogP contribution in [0.1, 0.15) is 0 Å². The van der Waals surface area contributed by atoms with Crippen molar-refractivity contribution in [2.75, 3.05) is 32.1 Å². The van der Waals surface area contributed by atoms with E-state index in [1.54, 1.807) is 0 Å². The Morgan fingerprint density at radius 3 is 2.03 bits per heavy atom. The Kier molecular flexibility index (Phi) is 8.07. The molecule has 2 aromatic rings. The largest absolute Gasteiger partial charge is 0.573 e. The van der Waals surface area contributed by atoms with Gasteiger partial charge in [0.2, 0.25) is 5.91 Å². The van der Waals surface area contributed by atoms with Crippen molar-refractivity contribution in [3.8, 4) is 17.2 Å². The number of hydrogen-bond donors (Lipinski definition) is 2. The van der Waals surface area contributed by atoms with Gasteiger partial charge in [-0.25, -0.2) is 13.2 Å². The first-order valence-corrected chi connectivity index (χ1v) is 11.8. The molecular formula is C21H21F3N2O8S. The van der Waals surface area contributed by atoms with Crippen LogP contribution in [0.15, 0.2) is 53.4 Å². The molecule has 0 aliphatic carbocycles. The van der Waals surface area contributed by atoms with Crippen molar-refractivity contribution in [1.29, 1.82) is 0 Å². The second-order valence-corrected chi connectivity index (χ2v) is 9.35. The highest BCUT2D eigenvalue weighted by Crippen LogP contribution is 2.28. The molecule has 1 saturated heterocycles. The maximum absolute atomic E-state index is 12.9. The van der Waals surface area contributed by atoms with Gasteiger partial charge in [0, 0.05) is 13.1 Å². The Hall–Kier alpha value is -3.52. The van der Waals surface area contributed by atoms with E-state index in [4.69, 9.17) is 14.6 Å². The van der Waals surface area contributed by atoms with Crippen LogP contribution in [0.3, 0.4) is 0 Å². The molecule has 3 rings (SSSR count). The third kappa shape index (κ3) is 7.75. The zero-order chi connectivity index (χ0) is 25.6. The lowest BCUT2D eigenvalue weighted by Gasteiger charge is -2.30. The summed E-state index contributed by atoms with van der Waals surface area (Å²) in [5.41, 5.74) is 0. The first-order valence-electron chi connectivity index (χ1n) is 10.2. The molecule has 0 spiro atoms. The number of hydrogen-bond acceptors (Lipinski definition) is 7. The number of rotatable bonds is 8. The summed E-state index contributed by atoms with van der Waals surface area (Å²) in [6, 6.07) is 8.14. The normalized spacial score (nSPS) is 15.2. The fourth-order valence-corrected chi connectivity index (χ4v) is 4.61. The summed E-state index contributed by atoms with van der Waals surface area (Å²) in [5.74, 6) is -1.52. The quantitative estimate of drug-likeness (QED) is 0.545. The van der Waals surface area contributed by atoms with E-state index < -0.39 is 45.7 Å². The number of halogens is 3. The number of amides is 2. The summed E-state index contributed by atoms with van der Waals surface area (Å²) in [7, 11) is -4.08. The molecule has 1 atom stereocenters. The highest BCUT2D eigenvalue weighted by molar-refractivity contribution is 7.91. The molecule has 1 aliphatic heterocycles. The van der Waals surface area contributed by atoms with Crippen LogP contribution < -0.4 is 14.8 Å². The zero-order valence-electron chi connectivity index (χ0n) is 18.0. The fourth-order valence-electron chi connectivity index (χ4n) is 3.20. The van der Waals surface area contributed by atoms with E-state index in [-0.39, 0.29) is 42.7 Å². The highest BCUT2D eigenvalue weighted by atomic mass is 32.2. The van der Waals surface area contributed by atoms with Crippen LogP contribution in [-0.4, -0.2) is 74.9 Å². The van der Waals surface area contributed by atoms with Gasteiger partial charge in [-0.15, -0.1) is 13.2 Å². The number of ether oxygens (including phenoxy) is 3. The van der Waals surface area contributed by atoms with Crippen molar-refractivity contribution >= 4 is 21.8 Å². The number of carbonyl (C=O) groups is 2. The minimum atomic E-state index is -4.82. The number of carbonyl (C=O) groups excluding carboxylic acids is 1. The molecular weight excluding hydrogens is 497 g/mol. The van der Waals surface area contributed by atoms with Crippen LogP contribution in [0.4, 0.5) is 18.0 Å². The Balaban J connectivity index is 1.68. The van der Waals surface area contributed by atoms with Gasteiger partial charge in [-0.05, 0) is 48.5 Å². The van der Waals surface area contributed by atoms with Crippen LogP contribution in [-0.2, 0) is 19.4 Å². The standard InChI is InChI=1S/C21H21F3N2O8S/c22-21(23,24)34-16-3-1-14(2-4-16)33-15-5-7-17(8-6-15)35(30,31)13-18(25-20(28)29)19(27)26-9-11-32-12-10-26/h1-8,18,25H,9-13H2,(H,28,29). The second-order valence-electron chi connectivity index (χ2n) is 7.31. The summed E-state index contributed by atoms with van der Waals surface area (Å²) in [6.07, 6.45) is -6.36. The Morgan fingerprint density at radius 2 is 1.51 bits per heavy atom. The molecule has 1 heterocycles. The average molecular weight is 518 g/mol. The molecule has 10 nitrogen and oxygen atoms in total. The van der Waals surface area contributed by atoms with Crippen molar-refractivity contribution in [1.82, 2.24) is 10.2 Å². The molecule has 2 N–H and O–H groups in total. The van der Waals surface area contributed by atoms with Gasteiger partial charge >= 0.3 is 12.5 Å². The van der Waals surface area contributed by atoms with Crippen LogP contribution in [0.25, 0.3) is 0 Å². The van der Waals surface area contributed by atoms with Gasteiger partial charge in [0.05, 0.1) is 23.9 Å². The first kappa shape index (κ1) is 26.1. The van der Waals surface area contributed by atoms with E-state index in [1.165, 1.54) is 41.3 Å². The van der Waals surface area contributed by atoms with Gasteiger partial charge in [-0.1, -0.05) is 0 Å². The number of morpholine rings is 1. The zero-order valence-corrected chi connectivity index (χ0v) is 18.8. The van der Waals surface area contributed by atoms with Gasteiger partial charge in [0.15, 0.2) is 9.84 Å². The van der Waals surface area contributed by atoms with Crippen LogP contribution >= 0.6 is 0 Å². The minimum absolute atomic E-state index is 0.175. The monoisotopic (exact) mass is 518 g/mol. The van der Waals surface area contributed by atoms with Crippen LogP contribution in [0.5, 0.6) is 17.2 Å². The van der Waals surface area contributed by atoms with Crippen LogP contribution in [0.2, 0.25) is 0 Å². The van der Waals surface area contributed by atoms with Crippen molar-refractivity contribution < 1.29 is 50.5 Å². The van der Waals surface area contributed by atoms with Gasteiger partial charge in [-0.3, -0.25) is 4.79 Å². The smallest absolute Gasteiger partial charge is 0.465 e. The number of benzene rings is 2. The number of nitrogens with one attached hydrogen (secondary N) is 1. The number of carboxylic acid groups (broad SMARTS) is 1. The number of alkyl halides is 3.